The lowest BCUT2D eigenvalue weighted by Gasteiger charge is -2.23. The molecular weight excluding hydrogens is 515 g/mol. The first-order valence-electron chi connectivity index (χ1n) is 11.5. The van der Waals surface area contributed by atoms with Crippen molar-refractivity contribution in [2.75, 3.05) is 12.4 Å². The summed E-state index contributed by atoms with van der Waals surface area (Å²) in [5.74, 6) is -0.522. The first-order chi connectivity index (χ1) is 17.9. The van der Waals surface area contributed by atoms with Crippen LogP contribution in [0.3, 0.4) is 0 Å². The molecule has 37 heavy (non-hydrogen) atoms. The lowest BCUT2D eigenvalue weighted by molar-refractivity contribution is -0.121. The highest BCUT2D eigenvalue weighted by Crippen LogP contribution is 2.39. The van der Waals surface area contributed by atoms with Crippen molar-refractivity contribution in [3.63, 3.8) is 0 Å². The van der Waals surface area contributed by atoms with Crippen molar-refractivity contribution in [1.82, 2.24) is 5.01 Å². The van der Waals surface area contributed by atoms with E-state index in [-0.39, 0.29) is 12.5 Å². The molecule has 5 rings (SSSR count). The number of nitrogens with one attached hydrogen (secondary N) is 1. The van der Waals surface area contributed by atoms with Crippen LogP contribution in [0.4, 0.5) is 10.1 Å². The van der Waals surface area contributed by atoms with E-state index in [0.717, 1.165) is 22.6 Å². The van der Waals surface area contributed by atoms with Gasteiger partial charge in [0.2, 0.25) is 5.91 Å². The molecule has 0 saturated carbocycles. The number of rotatable bonds is 6. The lowest BCUT2D eigenvalue weighted by Crippen LogP contribution is -2.25. The summed E-state index contributed by atoms with van der Waals surface area (Å²) in [5, 5.41) is 9.57. The van der Waals surface area contributed by atoms with Crippen LogP contribution in [0.2, 0.25) is 5.02 Å². The molecule has 2 amide bonds. The Labute approximate surface area is 222 Å². The minimum absolute atomic E-state index is 0.0954. The van der Waals surface area contributed by atoms with Gasteiger partial charge in [-0.3, -0.25) is 9.59 Å². The van der Waals surface area contributed by atoms with Crippen molar-refractivity contribution in [2.45, 2.75) is 24.1 Å². The molecule has 0 fully saturated rings. The molecule has 2 aliphatic heterocycles. The summed E-state index contributed by atoms with van der Waals surface area (Å²) < 4.78 is 18.7. The average molecular weight is 537 g/mol. The number of benzene rings is 3. The topological polar surface area (TPSA) is 83.4 Å². The van der Waals surface area contributed by atoms with Gasteiger partial charge in [0.15, 0.2) is 5.17 Å². The number of methoxy groups -OCH3 is 1. The fourth-order valence-electron chi connectivity index (χ4n) is 4.14. The van der Waals surface area contributed by atoms with Gasteiger partial charge in [-0.15, -0.1) is 0 Å². The van der Waals surface area contributed by atoms with Crippen molar-refractivity contribution in [3.05, 3.63) is 94.8 Å². The lowest BCUT2D eigenvalue weighted by atomic mass is 9.98. The van der Waals surface area contributed by atoms with E-state index in [1.165, 1.54) is 30.0 Å². The van der Waals surface area contributed by atoms with Crippen LogP contribution in [0, 0.1) is 5.82 Å². The molecule has 0 spiro atoms. The minimum Gasteiger partial charge on any atom is -0.497 e. The van der Waals surface area contributed by atoms with Crippen LogP contribution in [-0.4, -0.2) is 40.1 Å². The van der Waals surface area contributed by atoms with E-state index in [1.54, 1.807) is 18.2 Å². The molecule has 188 valence electrons. The van der Waals surface area contributed by atoms with Crippen LogP contribution in [0.25, 0.3) is 0 Å². The summed E-state index contributed by atoms with van der Waals surface area (Å²) in [6.07, 6.45) is 0.494. The van der Waals surface area contributed by atoms with Crippen LogP contribution < -0.4 is 10.1 Å². The number of anilines is 1. The van der Waals surface area contributed by atoms with Gasteiger partial charge in [-0.25, -0.2) is 9.40 Å². The number of nitrogens with zero attached hydrogens (tertiary/aromatic N) is 3. The van der Waals surface area contributed by atoms with E-state index in [1.807, 2.05) is 48.5 Å². The summed E-state index contributed by atoms with van der Waals surface area (Å²) in [4.78, 5) is 29.5. The van der Waals surface area contributed by atoms with Gasteiger partial charge in [0, 0.05) is 23.6 Å². The highest BCUT2D eigenvalue weighted by atomic mass is 35.5. The number of thioether (sulfide) groups is 1. The number of carbonyl (C=O) groups is 2. The second-order valence-electron chi connectivity index (χ2n) is 8.49. The number of aliphatic imine (C=N–C) groups is 1. The van der Waals surface area contributed by atoms with Crippen molar-refractivity contribution in [2.24, 2.45) is 10.1 Å². The van der Waals surface area contributed by atoms with E-state index < -0.39 is 22.9 Å². The predicted molar refractivity (Wildman–Crippen MR) is 144 cm³/mol. The number of amides is 2. The molecule has 3 aromatic rings. The largest absolute Gasteiger partial charge is 0.497 e. The number of hydrogen-bond acceptors (Lipinski definition) is 6. The molecule has 0 bridgehead atoms. The normalized spacial score (nSPS) is 19.0. The Kier molecular flexibility index (Phi) is 7.25. The molecule has 7 nitrogen and oxygen atoms in total. The van der Waals surface area contributed by atoms with Crippen LogP contribution >= 0.6 is 23.4 Å². The third-order valence-corrected chi connectivity index (χ3v) is 7.39. The average Bonchev–Trinajstić information content (AvgIpc) is 3.48. The Morgan fingerprint density at radius 1 is 1.16 bits per heavy atom. The van der Waals surface area contributed by atoms with Gasteiger partial charge in [-0.2, -0.15) is 10.1 Å². The summed E-state index contributed by atoms with van der Waals surface area (Å²) in [6.45, 7) is 0. The highest BCUT2D eigenvalue weighted by molar-refractivity contribution is 8.15. The van der Waals surface area contributed by atoms with Gasteiger partial charge >= 0.3 is 0 Å². The number of ether oxygens (including phenoxy) is 1. The summed E-state index contributed by atoms with van der Waals surface area (Å²) in [5.41, 5.74) is 3.07. The van der Waals surface area contributed by atoms with Crippen molar-refractivity contribution in [1.29, 1.82) is 0 Å². The van der Waals surface area contributed by atoms with Crippen LogP contribution in [0.5, 0.6) is 5.75 Å². The molecule has 0 saturated heterocycles. The van der Waals surface area contributed by atoms with E-state index in [2.05, 4.69) is 10.3 Å². The van der Waals surface area contributed by atoms with Gasteiger partial charge in [0.25, 0.3) is 5.91 Å². The zero-order valence-electron chi connectivity index (χ0n) is 19.7. The quantitative estimate of drug-likeness (QED) is 0.439. The molecule has 0 radical (unpaired) electrons. The van der Waals surface area contributed by atoms with Crippen molar-refractivity contribution < 1.29 is 18.7 Å². The molecule has 2 aliphatic rings. The standard InChI is InChI=1S/C27H22ClFN4O3S/c1-36-21-11-7-17(8-12-21)23-14-22(16-5-9-18(28)10-6-16)32-33(23)27-31-26(35)24(37-27)15-25(34)30-20-4-2-3-19(29)13-20/h2-13,23-24H,14-15H2,1H3,(H,30,34). The summed E-state index contributed by atoms with van der Waals surface area (Å²) in [7, 11) is 1.61. The Balaban J connectivity index is 1.35. The van der Waals surface area contributed by atoms with E-state index >= 15 is 0 Å². The highest BCUT2D eigenvalue weighted by Gasteiger charge is 2.39. The smallest absolute Gasteiger partial charge is 0.262 e. The molecule has 3 aromatic carbocycles. The van der Waals surface area contributed by atoms with E-state index in [4.69, 9.17) is 21.4 Å². The number of hydrazone groups is 1. The van der Waals surface area contributed by atoms with Crippen LogP contribution in [-0.2, 0) is 9.59 Å². The van der Waals surface area contributed by atoms with Crippen molar-refractivity contribution >= 4 is 51.7 Å². The Bertz CT molecular complexity index is 1400. The number of hydrogen-bond donors (Lipinski definition) is 1. The molecule has 10 heteroatoms. The van der Waals surface area contributed by atoms with Crippen LogP contribution in [0.1, 0.15) is 30.0 Å². The summed E-state index contributed by atoms with van der Waals surface area (Å²) >= 11 is 7.27. The second kappa shape index (κ2) is 10.7. The monoisotopic (exact) mass is 536 g/mol. The first kappa shape index (κ1) is 25.0. The fourth-order valence-corrected chi connectivity index (χ4v) is 5.33. The SMILES string of the molecule is COc1ccc(C2CC(c3ccc(Cl)cc3)=NN2C2=NC(=O)C(CC(=O)Nc3cccc(F)c3)S2)cc1. The maximum Gasteiger partial charge on any atom is 0.262 e. The second-order valence-corrected chi connectivity index (χ2v) is 10.1. The maximum atomic E-state index is 13.4. The molecule has 2 unspecified atom stereocenters. The van der Waals surface area contributed by atoms with Gasteiger partial charge in [-0.05, 0) is 53.6 Å². The predicted octanol–water partition coefficient (Wildman–Crippen LogP) is 5.67. The number of halogens is 2. The Hall–Kier alpha value is -3.69. The zero-order valence-corrected chi connectivity index (χ0v) is 21.3. The number of carbonyl (C=O) groups excluding carboxylic acids is 2. The molecule has 1 N–H and O–H groups in total. The zero-order chi connectivity index (χ0) is 25.9. The number of amidine groups is 1. The Morgan fingerprint density at radius 2 is 1.92 bits per heavy atom. The molecule has 2 atom stereocenters. The van der Waals surface area contributed by atoms with Crippen LogP contribution in [0.15, 0.2) is 82.9 Å². The molecule has 2 heterocycles. The van der Waals surface area contributed by atoms with Crippen molar-refractivity contribution in [3.8, 4) is 5.75 Å². The van der Waals surface area contributed by atoms with E-state index in [0.29, 0.717) is 22.3 Å². The van der Waals surface area contributed by atoms with Gasteiger partial charge in [0.1, 0.15) is 16.8 Å². The Morgan fingerprint density at radius 3 is 2.62 bits per heavy atom. The van der Waals surface area contributed by atoms with Gasteiger partial charge < -0.3 is 10.1 Å². The first-order valence-corrected chi connectivity index (χ1v) is 12.8. The molecular formula is C27H22ClFN4O3S. The summed E-state index contributed by atoms with van der Waals surface area (Å²) in [6, 6.07) is 20.5. The third-order valence-electron chi connectivity index (χ3n) is 5.99. The molecule has 0 aromatic heterocycles. The molecule has 0 aliphatic carbocycles. The maximum absolute atomic E-state index is 13.4. The third kappa shape index (κ3) is 5.68. The van der Waals surface area contributed by atoms with Gasteiger partial charge in [0.05, 0.1) is 18.9 Å². The van der Waals surface area contributed by atoms with E-state index in [9.17, 15) is 14.0 Å². The van der Waals surface area contributed by atoms with Gasteiger partial charge in [-0.1, -0.05) is 53.7 Å². The fraction of sp³-hybridized carbons (Fsp3) is 0.185. The minimum atomic E-state index is -0.699.